The van der Waals surface area contributed by atoms with Crippen LogP contribution in [0.25, 0.3) is 0 Å². The lowest BCUT2D eigenvalue weighted by molar-refractivity contribution is -0.131. The molecule has 5 nitrogen and oxygen atoms in total. The Kier molecular flexibility index (Phi) is 4.39. The van der Waals surface area contributed by atoms with E-state index in [9.17, 15) is 13.2 Å². The minimum Gasteiger partial charge on any atom is -0.336 e. The number of carbonyl (C=O) groups excluding carboxylic acids is 1. The molecule has 1 unspecified atom stereocenters. The number of rotatable bonds is 4. The summed E-state index contributed by atoms with van der Waals surface area (Å²) < 4.78 is 27.0. The monoisotopic (exact) mass is 310 g/mol. The molecular weight excluding hydrogens is 288 g/mol. The number of benzene rings is 1. The van der Waals surface area contributed by atoms with Crippen LogP contribution in [0.15, 0.2) is 30.3 Å². The number of nitrogens with one attached hydrogen (secondary N) is 1. The highest BCUT2D eigenvalue weighted by atomic mass is 32.2. The number of amides is 1. The fourth-order valence-corrected chi connectivity index (χ4v) is 3.90. The Labute approximate surface area is 126 Å². The van der Waals surface area contributed by atoms with Gasteiger partial charge in [-0.1, -0.05) is 30.3 Å². The number of hydrogen-bond acceptors (Lipinski definition) is 3. The van der Waals surface area contributed by atoms with Crippen LogP contribution in [0.2, 0.25) is 0 Å². The smallest absolute Gasteiger partial charge is 0.224 e. The normalized spacial score (nSPS) is 20.0. The fraction of sp³-hybridized carbons (Fsp3) is 0.533. The van der Waals surface area contributed by atoms with Crippen molar-refractivity contribution < 1.29 is 13.2 Å². The van der Waals surface area contributed by atoms with Gasteiger partial charge in [-0.15, -0.1) is 0 Å². The second kappa shape index (κ2) is 5.77. The van der Waals surface area contributed by atoms with E-state index in [0.717, 1.165) is 5.56 Å². The van der Waals surface area contributed by atoms with E-state index in [1.54, 1.807) is 17.0 Å². The molecular formula is C15H22N2O3S. The first-order chi connectivity index (χ1) is 9.67. The van der Waals surface area contributed by atoms with Gasteiger partial charge in [0.2, 0.25) is 15.9 Å². The van der Waals surface area contributed by atoms with Crippen molar-refractivity contribution in [2.45, 2.75) is 44.5 Å². The first-order valence-electron chi connectivity index (χ1n) is 7.02. The molecule has 2 rings (SSSR count). The molecule has 1 aliphatic rings. The number of hydrogen-bond donors (Lipinski definition) is 1. The van der Waals surface area contributed by atoms with Crippen molar-refractivity contribution in [2.24, 2.45) is 0 Å². The third kappa shape index (κ3) is 4.28. The summed E-state index contributed by atoms with van der Waals surface area (Å²) in [4.78, 5) is 13.7. The Bertz CT molecular complexity index is 606. The summed E-state index contributed by atoms with van der Waals surface area (Å²) in [6.45, 7) is 6.28. The number of carbonyl (C=O) groups is 1. The third-order valence-electron chi connectivity index (χ3n) is 3.48. The van der Waals surface area contributed by atoms with Gasteiger partial charge < -0.3 is 4.90 Å². The first-order valence-corrected chi connectivity index (χ1v) is 8.67. The Morgan fingerprint density at radius 2 is 1.86 bits per heavy atom. The van der Waals surface area contributed by atoms with Gasteiger partial charge >= 0.3 is 0 Å². The second-order valence-electron chi connectivity index (χ2n) is 6.44. The summed E-state index contributed by atoms with van der Waals surface area (Å²) in [5, 5.41) is 0. The molecule has 0 bridgehead atoms. The van der Waals surface area contributed by atoms with Crippen LogP contribution in [-0.4, -0.2) is 37.4 Å². The molecule has 1 heterocycles. The summed E-state index contributed by atoms with van der Waals surface area (Å²) in [5.41, 5.74) is 0.457. The van der Waals surface area contributed by atoms with E-state index in [1.165, 1.54) is 0 Å². The Morgan fingerprint density at radius 3 is 2.38 bits per heavy atom. The molecule has 0 radical (unpaired) electrons. The van der Waals surface area contributed by atoms with Gasteiger partial charge in [0.1, 0.15) is 0 Å². The molecule has 0 aliphatic carbocycles. The van der Waals surface area contributed by atoms with Crippen molar-refractivity contribution in [1.82, 2.24) is 9.62 Å². The molecule has 1 aliphatic heterocycles. The molecule has 1 N–H and O–H groups in total. The van der Waals surface area contributed by atoms with Gasteiger partial charge in [-0.25, -0.2) is 13.1 Å². The molecule has 6 heteroatoms. The van der Waals surface area contributed by atoms with Crippen molar-refractivity contribution >= 4 is 15.9 Å². The molecule has 1 fully saturated rings. The summed E-state index contributed by atoms with van der Waals surface area (Å²) in [6.07, 6.45) is 0.227. The van der Waals surface area contributed by atoms with Crippen LogP contribution < -0.4 is 4.72 Å². The average Bonchev–Trinajstić information content (AvgIpc) is 2.69. The van der Waals surface area contributed by atoms with E-state index in [0.29, 0.717) is 6.54 Å². The van der Waals surface area contributed by atoms with Gasteiger partial charge in [-0.2, -0.15) is 0 Å². The molecule has 0 spiro atoms. The SMILES string of the molecule is CC(C)(C)N1CC(NS(=O)(=O)Cc2ccccc2)CC1=O. The molecule has 1 aromatic rings. The van der Waals surface area contributed by atoms with Crippen LogP contribution in [-0.2, 0) is 20.6 Å². The number of nitrogens with zero attached hydrogens (tertiary/aromatic N) is 1. The summed E-state index contributed by atoms with van der Waals surface area (Å²) >= 11 is 0. The van der Waals surface area contributed by atoms with Crippen LogP contribution >= 0.6 is 0 Å². The van der Waals surface area contributed by atoms with Crippen molar-refractivity contribution in [3.05, 3.63) is 35.9 Å². The van der Waals surface area contributed by atoms with Crippen LogP contribution in [0.3, 0.4) is 0 Å². The summed E-state index contributed by atoms with van der Waals surface area (Å²) in [5.74, 6) is -0.0662. The average molecular weight is 310 g/mol. The van der Waals surface area contributed by atoms with Crippen molar-refractivity contribution in [2.75, 3.05) is 6.54 Å². The van der Waals surface area contributed by atoms with Crippen LogP contribution in [0.4, 0.5) is 0 Å². The van der Waals surface area contributed by atoms with Gasteiger partial charge in [-0.05, 0) is 26.3 Å². The van der Waals surface area contributed by atoms with E-state index in [2.05, 4.69) is 4.72 Å². The number of likely N-dealkylation sites (tertiary alicyclic amines) is 1. The lowest BCUT2D eigenvalue weighted by Crippen LogP contribution is -2.44. The van der Waals surface area contributed by atoms with Gasteiger partial charge in [0, 0.05) is 24.5 Å². The topological polar surface area (TPSA) is 66.5 Å². The lowest BCUT2D eigenvalue weighted by atomic mass is 10.1. The minimum absolute atomic E-state index is 0.00471. The third-order valence-corrected chi connectivity index (χ3v) is 4.89. The van der Waals surface area contributed by atoms with Gasteiger partial charge in [0.25, 0.3) is 0 Å². The molecule has 1 atom stereocenters. The first kappa shape index (κ1) is 16.0. The molecule has 1 saturated heterocycles. The maximum atomic E-state index is 12.2. The zero-order chi connectivity index (χ0) is 15.7. The van der Waals surface area contributed by atoms with E-state index in [1.807, 2.05) is 39.0 Å². The zero-order valence-corrected chi connectivity index (χ0v) is 13.5. The quantitative estimate of drug-likeness (QED) is 0.916. The predicted octanol–water partition coefficient (Wildman–Crippen LogP) is 1.51. The van der Waals surface area contributed by atoms with E-state index in [-0.39, 0.29) is 29.7 Å². The van der Waals surface area contributed by atoms with Gasteiger partial charge in [-0.3, -0.25) is 4.79 Å². The Balaban J connectivity index is 2.01. The predicted molar refractivity (Wildman–Crippen MR) is 82.1 cm³/mol. The molecule has 21 heavy (non-hydrogen) atoms. The number of sulfonamides is 1. The Hall–Kier alpha value is -1.40. The van der Waals surface area contributed by atoms with Gasteiger partial charge in [0.05, 0.1) is 5.75 Å². The van der Waals surface area contributed by atoms with Crippen LogP contribution in [0, 0.1) is 0 Å². The molecule has 116 valence electrons. The fourth-order valence-electron chi connectivity index (χ4n) is 2.52. The van der Waals surface area contributed by atoms with Crippen LogP contribution in [0.1, 0.15) is 32.8 Å². The maximum Gasteiger partial charge on any atom is 0.224 e. The molecule has 0 aromatic heterocycles. The standard InChI is InChI=1S/C15H22N2O3S/c1-15(2,3)17-10-13(9-14(17)18)16-21(19,20)11-12-7-5-4-6-8-12/h4-8,13,16H,9-11H2,1-3H3. The lowest BCUT2D eigenvalue weighted by Gasteiger charge is -2.32. The highest BCUT2D eigenvalue weighted by molar-refractivity contribution is 7.88. The summed E-state index contributed by atoms with van der Waals surface area (Å²) in [6, 6.07) is 8.68. The maximum absolute atomic E-state index is 12.2. The van der Waals surface area contributed by atoms with Crippen molar-refractivity contribution in [3.8, 4) is 0 Å². The minimum atomic E-state index is -3.44. The van der Waals surface area contributed by atoms with E-state index in [4.69, 9.17) is 0 Å². The molecule has 0 saturated carbocycles. The van der Waals surface area contributed by atoms with Gasteiger partial charge in [0.15, 0.2) is 0 Å². The molecule has 1 aromatic carbocycles. The zero-order valence-electron chi connectivity index (χ0n) is 12.7. The van der Waals surface area contributed by atoms with Crippen LogP contribution in [0.5, 0.6) is 0 Å². The largest absolute Gasteiger partial charge is 0.336 e. The van der Waals surface area contributed by atoms with Crippen molar-refractivity contribution in [3.63, 3.8) is 0 Å². The molecule has 1 amide bonds. The van der Waals surface area contributed by atoms with E-state index >= 15 is 0 Å². The summed E-state index contributed by atoms with van der Waals surface area (Å²) in [7, 11) is -3.44. The second-order valence-corrected chi connectivity index (χ2v) is 8.19. The van der Waals surface area contributed by atoms with E-state index < -0.39 is 10.0 Å². The van der Waals surface area contributed by atoms with Crippen molar-refractivity contribution in [1.29, 1.82) is 0 Å². The highest BCUT2D eigenvalue weighted by Crippen LogP contribution is 2.22. The highest BCUT2D eigenvalue weighted by Gasteiger charge is 2.37. The Morgan fingerprint density at radius 1 is 1.24 bits per heavy atom.